The van der Waals surface area contributed by atoms with Gasteiger partial charge < -0.3 is 14.4 Å². The highest BCUT2D eigenvalue weighted by atomic mass is 35.5. The van der Waals surface area contributed by atoms with Gasteiger partial charge in [0.2, 0.25) is 0 Å². The average molecular weight is 475 g/mol. The van der Waals surface area contributed by atoms with E-state index in [2.05, 4.69) is 4.72 Å². The second-order valence-corrected chi connectivity index (χ2v) is 8.98. The van der Waals surface area contributed by atoms with Gasteiger partial charge in [-0.05, 0) is 60.7 Å². The summed E-state index contributed by atoms with van der Waals surface area (Å²) in [6.07, 6.45) is 0. The lowest BCUT2D eigenvalue weighted by Crippen LogP contribution is -2.30. The number of hydrogen-bond acceptors (Lipinski definition) is 5. The molecule has 1 amide bonds. The van der Waals surface area contributed by atoms with Crippen LogP contribution in [-0.2, 0) is 10.0 Å². The van der Waals surface area contributed by atoms with Gasteiger partial charge in [-0.25, -0.2) is 8.42 Å². The molecule has 0 aliphatic carbocycles. The maximum absolute atomic E-state index is 12.7. The van der Waals surface area contributed by atoms with E-state index in [-0.39, 0.29) is 10.8 Å². The molecule has 0 unspecified atom stereocenters. The molecule has 0 atom stereocenters. The highest BCUT2D eigenvalue weighted by molar-refractivity contribution is 7.92. The van der Waals surface area contributed by atoms with Gasteiger partial charge >= 0.3 is 0 Å². The number of nitrogens with one attached hydrogen (secondary N) is 1. The first kappa shape index (κ1) is 23.4. The summed E-state index contributed by atoms with van der Waals surface area (Å²) >= 11 is 5.84. The number of hydrogen-bond donors (Lipinski definition) is 1. The van der Waals surface area contributed by atoms with E-state index in [1.165, 1.54) is 36.3 Å². The quantitative estimate of drug-likeness (QED) is 0.499. The summed E-state index contributed by atoms with van der Waals surface area (Å²) in [5.41, 5.74) is 0.700. The molecule has 9 heteroatoms. The van der Waals surface area contributed by atoms with E-state index in [1.54, 1.807) is 55.6 Å². The summed E-state index contributed by atoms with van der Waals surface area (Å²) in [4.78, 5) is 14.2. The minimum atomic E-state index is -3.84. The van der Waals surface area contributed by atoms with Gasteiger partial charge in [-0.2, -0.15) is 0 Å². The molecule has 0 aliphatic rings. The fourth-order valence-electron chi connectivity index (χ4n) is 2.86. The van der Waals surface area contributed by atoms with Crippen LogP contribution in [-0.4, -0.2) is 46.5 Å². The Kier molecular flexibility index (Phi) is 7.61. The fraction of sp³-hybridized carbons (Fsp3) is 0.174. The number of nitrogens with zero attached hydrogens (tertiary/aromatic N) is 1. The number of methoxy groups -OCH3 is 1. The molecule has 3 rings (SSSR count). The number of carbonyl (C=O) groups excluding carboxylic acids is 1. The van der Waals surface area contributed by atoms with Gasteiger partial charge in [-0.1, -0.05) is 23.7 Å². The topological polar surface area (TPSA) is 84.9 Å². The van der Waals surface area contributed by atoms with Crippen LogP contribution in [0.1, 0.15) is 10.4 Å². The van der Waals surface area contributed by atoms with E-state index in [9.17, 15) is 13.2 Å². The summed E-state index contributed by atoms with van der Waals surface area (Å²) in [6.45, 7) is 0.663. The number of anilines is 1. The summed E-state index contributed by atoms with van der Waals surface area (Å²) < 4.78 is 38.7. The van der Waals surface area contributed by atoms with Crippen molar-refractivity contribution >= 4 is 33.2 Å². The molecular weight excluding hydrogens is 452 g/mol. The molecule has 0 radical (unpaired) electrons. The molecular formula is C23H23ClN2O5S. The van der Waals surface area contributed by atoms with Crippen LogP contribution in [0.4, 0.5) is 5.69 Å². The molecule has 0 aliphatic heterocycles. The van der Waals surface area contributed by atoms with Crippen LogP contribution in [0.25, 0.3) is 0 Å². The highest BCUT2D eigenvalue weighted by Gasteiger charge is 2.18. The Balaban J connectivity index is 1.61. The second kappa shape index (κ2) is 10.4. The van der Waals surface area contributed by atoms with Crippen LogP contribution in [0.5, 0.6) is 11.5 Å². The lowest BCUT2D eigenvalue weighted by Gasteiger charge is -2.18. The monoisotopic (exact) mass is 474 g/mol. The number of halogens is 1. The van der Waals surface area contributed by atoms with Crippen molar-refractivity contribution in [3.05, 3.63) is 83.4 Å². The first-order chi connectivity index (χ1) is 15.3. The summed E-state index contributed by atoms with van der Waals surface area (Å²) in [5, 5.41) is 0.619. The van der Waals surface area contributed by atoms with Crippen LogP contribution >= 0.6 is 11.6 Å². The Morgan fingerprint density at radius 2 is 1.66 bits per heavy atom. The van der Waals surface area contributed by atoms with Crippen molar-refractivity contribution in [1.82, 2.24) is 4.90 Å². The zero-order chi connectivity index (χ0) is 23.1. The van der Waals surface area contributed by atoms with Gasteiger partial charge in [-0.3, -0.25) is 9.52 Å². The van der Waals surface area contributed by atoms with Crippen LogP contribution in [0, 0.1) is 0 Å². The zero-order valence-corrected chi connectivity index (χ0v) is 19.2. The Labute approximate surface area is 192 Å². The molecule has 0 spiro atoms. The molecule has 0 bridgehead atoms. The Morgan fingerprint density at radius 3 is 2.31 bits per heavy atom. The molecule has 3 aromatic rings. The van der Waals surface area contributed by atoms with E-state index in [4.69, 9.17) is 21.1 Å². The van der Waals surface area contributed by atoms with Gasteiger partial charge in [0.15, 0.2) is 0 Å². The average Bonchev–Trinajstić information content (AvgIpc) is 2.80. The van der Waals surface area contributed by atoms with Crippen molar-refractivity contribution in [3.8, 4) is 11.5 Å². The number of amides is 1. The van der Waals surface area contributed by atoms with Crippen LogP contribution in [0.2, 0.25) is 5.02 Å². The summed E-state index contributed by atoms with van der Waals surface area (Å²) in [6, 6.07) is 19.4. The zero-order valence-electron chi connectivity index (χ0n) is 17.6. The Morgan fingerprint density at radius 1 is 1.00 bits per heavy atom. The van der Waals surface area contributed by atoms with E-state index < -0.39 is 10.0 Å². The number of para-hydroxylation sites is 2. The maximum Gasteiger partial charge on any atom is 0.262 e. The number of sulfonamides is 1. The molecule has 0 saturated heterocycles. The van der Waals surface area contributed by atoms with Crippen molar-refractivity contribution in [2.75, 3.05) is 32.0 Å². The Bertz CT molecular complexity index is 1170. The number of rotatable bonds is 9. The smallest absolute Gasteiger partial charge is 0.262 e. The fourth-order valence-corrected chi connectivity index (χ4v) is 4.06. The standard InChI is InChI=1S/C23H23ClN2O5S/c1-26(15-16-31-19-11-9-18(24)10-12-19)23(27)17-7-13-20(14-8-17)32(28,29)25-21-5-3-4-6-22(21)30-2/h3-14,25H,15-16H2,1-2H3. The highest BCUT2D eigenvalue weighted by Crippen LogP contribution is 2.26. The molecule has 0 heterocycles. The lowest BCUT2D eigenvalue weighted by atomic mass is 10.2. The summed E-state index contributed by atoms with van der Waals surface area (Å²) in [7, 11) is -0.724. The Hall–Kier alpha value is -3.23. The van der Waals surface area contributed by atoms with Crippen LogP contribution in [0.3, 0.4) is 0 Å². The molecule has 32 heavy (non-hydrogen) atoms. The summed E-state index contributed by atoms with van der Waals surface area (Å²) in [5.74, 6) is 0.823. The van der Waals surface area contributed by atoms with Gasteiger partial charge in [0.05, 0.1) is 24.2 Å². The second-order valence-electron chi connectivity index (χ2n) is 6.86. The largest absolute Gasteiger partial charge is 0.495 e. The van der Waals surface area contributed by atoms with Gasteiger partial charge in [0.25, 0.3) is 15.9 Å². The van der Waals surface area contributed by atoms with Crippen molar-refractivity contribution in [2.24, 2.45) is 0 Å². The normalized spacial score (nSPS) is 11.0. The number of ether oxygens (including phenoxy) is 2. The lowest BCUT2D eigenvalue weighted by molar-refractivity contribution is 0.0773. The predicted molar refractivity (Wildman–Crippen MR) is 124 cm³/mol. The van der Waals surface area contributed by atoms with Crippen molar-refractivity contribution in [2.45, 2.75) is 4.90 Å². The molecule has 168 valence electrons. The molecule has 0 fully saturated rings. The molecule has 0 aromatic heterocycles. The SMILES string of the molecule is COc1ccccc1NS(=O)(=O)c1ccc(C(=O)N(C)CCOc2ccc(Cl)cc2)cc1. The first-order valence-corrected chi connectivity index (χ1v) is 11.6. The first-order valence-electron chi connectivity index (χ1n) is 9.70. The van der Waals surface area contributed by atoms with Gasteiger partial charge in [0, 0.05) is 17.6 Å². The number of carbonyl (C=O) groups is 1. The third-order valence-electron chi connectivity index (χ3n) is 4.62. The third-order valence-corrected chi connectivity index (χ3v) is 6.25. The maximum atomic E-state index is 12.7. The molecule has 1 N–H and O–H groups in total. The third kappa shape index (κ3) is 5.93. The number of likely N-dealkylation sites (N-methyl/N-ethyl adjacent to an activating group) is 1. The van der Waals surface area contributed by atoms with E-state index in [0.29, 0.717) is 40.9 Å². The van der Waals surface area contributed by atoms with E-state index in [0.717, 1.165) is 0 Å². The van der Waals surface area contributed by atoms with E-state index >= 15 is 0 Å². The predicted octanol–water partition coefficient (Wildman–Crippen LogP) is 4.30. The molecule has 0 saturated carbocycles. The minimum Gasteiger partial charge on any atom is -0.495 e. The minimum absolute atomic E-state index is 0.0358. The van der Waals surface area contributed by atoms with Crippen LogP contribution in [0.15, 0.2) is 77.7 Å². The van der Waals surface area contributed by atoms with Crippen LogP contribution < -0.4 is 14.2 Å². The van der Waals surface area contributed by atoms with Crippen molar-refractivity contribution in [1.29, 1.82) is 0 Å². The van der Waals surface area contributed by atoms with Gasteiger partial charge in [0.1, 0.15) is 18.1 Å². The molecule has 7 nitrogen and oxygen atoms in total. The van der Waals surface area contributed by atoms with Crippen molar-refractivity contribution in [3.63, 3.8) is 0 Å². The van der Waals surface area contributed by atoms with E-state index in [1.807, 2.05) is 0 Å². The van der Waals surface area contributed by atoms with Gasteiger partial charge in [-0.15, -0.1) is 0 Å². The molecule has 3 aromatic carbocycles. The number of benzene rings is 3. The van der Waals surface area contributed by atoms with Crippen molar-refractivity contribution < 1.29 is 22.7 Å².